The molecule has 0 radical (unpaired) electrons. The molecule has 1 rings (SSSR count). The van der Waals surface area contributed by atoms with Gasteiger partial charge in [0.05, 0.1) is 6.61 Å². The van der Waals surface area contributed by atoms with E-state index in [4.69, 9.17) is 0 Å². The van der Waals surface area contributed by atoms with Crippen molar-refractivity contribution in [2.75, 3.05) is 13.2 Å². The lowest BCUT2D eigenvalue weighted by Crippen LogP contribution is -2.34. The molecule has 5 heteroatoms. The first-order chi connectivity index (χ1) is 5.79. The molecule has 1 N–H and O–H groups in total. The molecule has 1 aliphatic rings. The lowest BCUT2D eigenvalue weighted by atomic mass is 10.0. The van der Waals surface area contributed by atoms with Gasteiger partial charge < -0.3 is 10.2 Å². The first-order valence-corrected chi connectivity index (χ1v) is 4.30. The van der Waals surface area contributed by atoms with Gasteiger partial charge in [0, 0.05) is 6.04 Å². The average Bonchev–Trinajstić information content (AvgIpc) is 2.05. The predicted molar refractivity (Wildman–Crippen MR) is 43.2 cm³/mol. The summed E-state index contributed by atoms with van der Waals surface area (Å²) >= 11 is 0. The average molecular weight is 174 g/mol. The van der Waals surface area contributed by atoms with Crippen molar-refractivity contribution in [3.8, 4) is 0 Å². The molecule has 1 fully saturated rings. The van der Waals surface area contributed by atoms with Crippen molar-refractivity contribution in [2.24, 2.45) is 0 Å². The molecule has 5 nitrogen and oxygen atoms in total. The molecule has 0 amide bonds. The normalized spacial score (nSPS) is 23.5. The van der Waals surface area contributed by atoms with E-state index in [1.807, 2.05) is 0 Å². The summed E-state index contributed by atoms with van der Waals surface area (Å²) in [6.45, 7) is 1.24. The molecule has 1 saturated heterocycles. The molecule has 1 atom stereocenters. The van der Waals surface area contributed by atoms with Crippen LogP contribution in [0, 0.1) is 10.1 Å². The summed E-state index contributed by atoms with van der Waals surface area (Å²) in [6, 6.07) is 0.415. The van der Waals surface area contributed by atoms with Crippen molar-refractivity contribution in [3.63, 3.8) is 0 Å². The lowest BCUT2D eigenvalue weighted by molar-refractivity contribution is -0.757. The standard InChI is InChI=1S/C7H14N2O3/c10-9(11)12-6-4-7-3-1-2-5-8-7/h7-8H,1-6H2. The van der Waals surface area contributed by atoms with E-state index in [0.717, 1.165) is 19.4 Å². The highest BCUT2D eigenvalue weighted by Crippen LogP contribution is 2.09. The molecule has 0 aliphatic carbocycles. The first-order valence-electron chi connectivity index (χ1n) is 4.30. The Bertz CT molecular complexity index is 146. The minimum atomic E-state index is -0.733. The lowest BCUT2D eigenvalue weighted by Gasteiger charge is -2.22. The zero-order valence-electron chi connectivity index (χ0n) is 6.99. The maximum atomic E-state index is 9.80. The van der Waals surface area contributed by atoms with Gasteiger partial charge in [-0.05, 0) is 25.8 Å². The van der Waals surface area contributed by atoms with Crippen molar-refractivity contribution >= 4 is 0 Å². The Morgan fingerprint density at radius 1 is 1.58 bits per heavy atom. The van der Waals surface area contributed by atoms with Crippen LogP contribution >= 0.6 is 0 Å². The second kappa shape index (κ2) is 4.92. The second-order valence-corrected chi connectivity index (χ2v) is 2.99. The van der Waals surface area contributed by atoms with Gasteiger partial charge in [-0.2, -0.15) is 0 Å². The predicted octanol–water partition coefficient (Wildman–Crippen LogP) is 0.727. The number of rotatable bonds is 4. The number of piperidine rings is 1. The maximum Gasteiger partial charge on any atom is 0.294 e. The highest BCUT2D eigenvalue weighted by Gasteiger charge is 2.12. The van der Waals surface area contributed by atoms with E-state index in [9.17, 15) is 10.1 Å². The fourth-order valence-corrected chi connectivity index (χ4v) is 1.44. The van der Waals surface area contributed by atoms with E-state index in [0.29, 0.717) is 6.04 Å². The van der Waals surface area contributed by atoms with E-state index in [1.165, 1.54) is 12.8 Å². The van der Waals surface area contributed by atoms with Gasteiger partial charge in [0.1, 0.15) is 0 Å². The molecule has 0 aromatic rings. The fraction of sp³-hybridized carbons (Fsp3) is 1.00. The van der Waals surface area contributed by atoms with Gasteiger partial charge in [0.25, 0.3) is 5.09 Å². The zero-order valence-corrected chi connectivity index (χ0v) is 6.99. The van der Waals surface area contributed by atoms with Gasteiger partial charge in [-0.3, -0.25) is 0 Å². The molecule has 0 saturated carbocycles. The van der Waals surface area contributed by atoms with E-state index in [2.05, 4.69) is 10.2 Å². The summed E-state index contributed by atoms with van der Waals surface area (Å²) in [7, 11) is 0. The van der Waals surface area contributed by atoms with Gasteiger partial charge in [-0.25, -0.2) is 0 Å². The van der Waals surface area contributed by atoms with Gasteiger partial charge in [-0.1, -0.05) is 6.42 Å². The van der Waals surface area contributed by atoms with Crippen LogP contribution in [0.3, 0.4) is 0 Å². The van der Waals surface area contributed by atoms with Gasteiger partial charge in [0.2, 0.25) is 0 Å². The third kappa shape index (κ3) is 3.52. The Morgan fingerprint density at radius 2 is 2.42 bits per heavy atom. The SMILES string of the molecule is O=[N+]([O-])OCCC1CCCCN1. The summed E-state index contributed by atoms with van der Waals surface area (Å²) in [6.07, 6.45) is 4.28. The molecule has 70 valence electrons. The zero-order chi connectivity index (χ0) is 8.81. The Morgan fingerprint density at radius 3 is 3.00 bits per heavy atom. The second-order valence-electron chi connectivity index (χ2n) is 2.99. The number of nitrogens with zero attached hydrogens (tertiary/aromatic N) is 1. The maximum absolute atomic E-state index is 9.80. The van der Waals surface area contributed by atoms with Gasteiger partial charge >= 0.3 is 0 Å². The molecule has 1 unspecified atom stereocenters. The molecule has 0 spiro atoms. The monoisotopic (exact) mass is 174 g/mol. The molecular weight excluding hydrogens is 160 g/mol. The van der Waals surface area contributed by atoms with Crippen molar-refractivity contribution < 1.29 is 9.92 Å². The van der Waals surface area contributed by atoms with E-state index < -0.39 is 5.09 Å². The van der Waals surface area contributed by atoms with Crippen LogP contribution in [0.25, 0.3) is 0 Å². The molecule has 0 aromatic heterocycles. The molecule has 0 bridgehead atoms. The highest BCUT2D eigenvalue weighted by molar-refractivity contribution is 4.71. The van der Waals surface area contributed by atoms with Crippen LogP contribution in [-0.2, 0) is 4.84 Å². The smallest absolute Gasteiger partial charge is 0.294 e. The van der Waals surface area contributed by atoms with Crippen LogP contribution in [0.4, 0.5) is 0 Å². The van der Waals surface area contributed by atoms with Crippen LogP contribution < -0.4 is 5.32 Å². The van der Waals surface area contributed by atoms with E-state index in [1.54, 1.807) is 0 Å². The highest BCUT2D eigenvalue weighted by atomic mass is 16.9. The quantitative estimate of drug-likeness (QED) is 0.504. The Labute approximate surface area is 71.2 Å². The minimum absolute atomic E-state index is 0.213. The number of hydrogen-bond donors (Lipinski definition) is 1. The summed E-state index contributed by atoms with van der Waals surface area (Å²) in [5, 5.41) is 12.4. The molecule has 1 aliphatic heterocycles. The largest absolute Gasteiger partial charge is 0.314 e. The fourth-order valence-electron chi connectivity index (χ4n) is 1.44. The molecular formula is C7H14N2O3. The van der Waals surface area contributed by atoms with Crippen LogP contribution in [0.1, 0.15) is 25.7 Å². The van der Waals surface area contributed by atoms with Crippen LogP contribution in [0.5, 0.6) is 0 Å². The Balaban J connectivity index is 2.01. The van der Waals surface area contributed by atoms with Gasteiger partial charge in [0.15, 0.2) is 0 Å². The Kier molecular flexibility index (Phi) is 3.79. The van der Waals surface area contributed by atoms with Crippen molar-refractivity contribution in [1.82, 2.24) is 5.32 Å². The van der Waals surface area contributed by atoms with Gasteiger partial charge in [-0.15, -0.1) is 10.1 Å². The summed E-state index contributed by atoms with van der Waals surface area (Å²) < 4.78 is 0. The topological polar surface area (TPSA) is 64.4 Å². The molecule has 0 aromatic carbocycles. The summed E-state index contributed by atoms with van der Waals surface area (Å²) in [5.74, 6) is 0. The first kappa shape index (κ1) is 9.25. The number of hydrogen-bond acceptors (Lipinski definition) is 4. The summed E-state index contributed by atoms with van der Waals surface area (Å²) in [4.78, 5) is 14.0. The third-order valence-corrected chi connectivity index (χ3v) is 2.08. The van der Waals surface area contributed by atoms with E-state index >= 15 is 0 Å². The van der Waals surface area contributed by atoms with Crippen LogP contribution in [0.15, 0.2) is 0 Å². The van der Waals surface area contributed by atoms with Crippen molar-refractivity contribution in [3.05, 3.63) is 10.1 Å². The van der Waals surface area contributed by atoms with Crippen molar-refractivity contribution in [2.45, 2.75) is 31.7 Å². The molecule has 1 heterocycles. The molecule has 12 heavy (non-hydrogen) atoms. The van der Waals surface area contributed by atoms with E-state index in [-0.39, 0.29) is 6.61 Å². The van der Waals surface area contributed by atoms with Crippen LogP contribution in [0.2, 0.25) is 0 Å². The summed E-state index contributed by atoms with van der Waals surface area (Å²) in [5.41, 5.74) is 0. The minimum Gasteiger partial charge on any atom is -0.314 e. The van der Waals surface area contributed by atoms with Crippen LogP contribution in [-0.4, -0.2) is 24.3 Å². The third-order valence-electron chi connectivity index (χ3n) is 2.08. The number of nitrogens with one attached hydrogen (secondary N) is 1. The Hall–Kier alpha value is -0.840. The van der Waals surface area contributed by atoms with Crippen molar-refractivity contribution in [1.29, 1.82) is 0 Å².